The number of rotatable bonds is 2. The van der Waals surface area contributed by atoms with Crippen LogP contribution >= 0.6 is 11.3 Å². The Morgan fingerprint density at radius 2 is 2.19 bits per heavy atom. The maximum absolute atomic E-state index is 12.5. The normalized spacial score (nSPS) is 16.6. The highest BCUT2D eigenvalue weighted by molar-refractivity contribution is 7.21. The van der Waals surface area contributed by atoms with Crippen molar-refractivity contribution in [2.45, 2.75) is 13.0 Å². The molecule has 1 atom stereocenters. The predicted octanol–water partition coefficient (Wildman–Crippen LogP) is 3.82. The number of hydrogen-bond donors (Lipinski definition) is 2. The van der Waals surface area contributed by atoms with Crippen LogP contribution in [-0.2, 0) is 0 Å². The largest absolute Gasteiger partial charge is 0.381 e. The van der Waals surface area contributed by atoms with Gasteiger partial charge in [0.1, 0.15) is 4.88 Å². The Labute approximate surface area is 159 Å². The van der Waals surface area contributed by atoms with Gasteiger partial charge in [-0.1, -0.05) is 6.58 Å². The first kappa shape index (κ1) is 16.0. The molecule has 134 valence electrons. The van der Waals surface area contributed by atoms with Crippen LogP contribution in [0.25, 0.3) is 32.9 Å². The predicted molar refractivity (Wildman–Crippen MR) is 110 cm³/mol. The molecule has 1 aromatic carbocycles. The zero-order valence-electron chi connectivity index (χ0n) is 14.7. The van der Waals surface area contributed by atoms with Crippen LogP contribution in [0.2, 0.25) is 0 Å². The van der Waals surface area contributed by atoms with Gasteiger partial charge in [0.2, 0.25) is 0 Å². The molecule has 1 amide bonds. The van der Waals surface area contributed by atoms with E-state index >= 15 is 0 Å². The summed E-state index contributed by atoms with van der Waals surface area (Å²) in [6.07, 6.45) is 3.58. The van der Waals surface area contributed by atoms with Gasteiger partial charge in [0, 0.05) is 34.3 Å². The second-order valence-electron chi connectivity index (χ2n) is 6.63. The molecule has 27 heavy (non-hydrogen) atoms. The maximum atomic E-state index is 12.5. The first-order valence-corrected chi connectivity index (χ1v) is 9.55. The Hall–Kier alpha value is -3.19. The highest BCUT2D eigenvalue weighted by Crippen LogP contribution is 2.40. The minimum Gasteiger partial charge on any atom is -0.381 e. The number of thiophene rings is 1. The van der Waals surface area contributed by atoms with Gasteiger partial charge in [0.05, 0.1) is 16.9 Å². The molecule has 1 aliphatic rings. The number of carbonyl (C=O) groups is 1. The van der Waals surface area contributed by atoms with Crippen LogP contribution in [0.3, 0.4) is 0 Å². The summed E-state index contributed by atoms with van der Waals surface area (Å²) in [6, 6.07) is 10.0. The van der Waals surface area contributed by atoms with E-state index < -0.39 is 0 Å². The van der Waals surface area contributed by atoms with Gasteiger partial charge in [-0.15, -0.1) is 11.3 Å². The van der Waals surface area contributed by atoms with Crippen LogP contribution < -0.4 is 10.6 Å². The average Bonchev–Trinajstić information content (AvgIpc) is 3.27. The number of anilines is 1. The lowest BCUT2D eigenvalue weighted by molar-refractivity contribution is 0.0949. The van der Waals surface area contributed by atoms with Gasteiger partial charge in [0.25, 0.3) is 5.91 Å². The van der Waals surface area contributed by atoms with Crippen molar-refractivity contribution in [3.8, 4) is 5.82 Å². The Balaban J connectivity index is 1.71. The number of fused-ring (bicyclic) bond motifs is 5. The number of nitrogens with one attached hydrogen (secondary N) is 2. The molecule has 0 bridgehead atoms. The van der Waals surface area contributed by atoms with Gasteiger partial charge in [-0.05, 0) is 43.3 Å². The number of amides is 1. The molecule has 6 nitrogen and oxygen atoms in total. The quantitative estimate of drug-likeness (QED) is 0.559. The van der Waals surface area contributed by atoms with E-state index in [0.717, 1.165) is 43.1 Å². The van der Waals surface area contributed by atoms with Gasteiger partial charge in [-0.2, -0.15) is 5.10 Å². The fraction of sp³-hybridized carbons (Fsp3) is 0.150. The van der Waals surface area contributed by atoms with Crippen molar-refractivity contribution in [2.75, 3.05) is 11.9 Å². The van der Waals surface area contributed by atoms with E-state index in [0.29, 0.717) is 6.54 Å². The summed E-state index contributed by atoms with van der Waals surface area (Å²) < 4.78 is 2.81. The van der Waals surface area contributed by atoms with Crippen LogP contribution in [0.15, 0.2) is 43.1 Å². The molecule has 1 aliphatic heterocycles. The molecular formula is C20H17N5OS. The van der Waals surface area contributed by atoms with Crippen molar-refractivity contribution in [3.63, 3.8) is 0 Å². The highest BCUT2D eigenvalue weighted by Gasteiger charge is 2.24. The molecule has 0 radical (unpaired) electrons. The van der Waals surface area contributed by atoms with E-state index in [9.17, 15) is 4.79 Å². The van der Waals surface area contributed by atoms with Crippen LogP contribution in [0.5, 0.6) is 0 Å². The number of benzene rings is 1. The van der Waals surface area contributed by atoms with Crippen molar-refractivity contribution in [1.29, 1.82) is 0 Å². The Bertz CT molecular complexity index is 1220. The van der Waals surface area contributed by atoms with E-state index in [4.69, 9.17) is 4.98 Å². The van der Waals surface area contributed by atoms with Gasteiger partial charge in [-0.25, -0.2) is 9.67 Å². The van der Waals surface area contributed by atoms with E-state index in [2.05, 4.69) is 28.4 Å². The van der Waals surface area contributed by atoms with Crippen LogP contribution in [0, 0.1) is 0 Å². The lowest BCUT2D eigenvalue weighted by Gasteiger charge is -2.10. The molecule has 0 spiro atoms. The zero-order chi connectivity index (χ0) is 18.5. The number of nitrogens with zero attached hydrogens (tertiary/aromatic N) is 3. The van der Waals surface area contributed by atoms with E-state index in [-0.39, 0.29) is 11.9 Å². The van der Waals surface area contributed by atoms with Gasteiger partial charge < -0.3 is 10.6 Å². The highest BCUT2D eigenvalue weighted by atomic mass is 32.1. The van der Waals surface area contributed by atoms with Crippen LogP contribution in [-0.4, -0.2) is 33.3 Å². The van der Waals surface area contributed by atoms with E-state index in [1.54, 1.807) is 10.8 Å². The van der Waals surface area contributed by atoms with Gasteiger partial charge in [0.15, 0.2) is 5.82 Å². The summed E-state index contributed by atoms with van der Waals surface area (Å²) in [5, 5.41) is 13.0. The first-order chi connectivity index (χ1) is 13.1. The Morgan fingerprint density at radius 1 is 1.30 bits per heavy atom. The van der Waals surface area contributed by atoms with Crippen molar-refractivity contribution >= 4 is 50.0 Å². The fourth-order valence-electron chi connectivity index (χ4n) is 3.42. The van der Waals surface area contributed by atoms with Crippen LogP contribution in [0.4, 0.5) is 5.69 Å². The molecule has 0 fully saturated rings. The summed E-state index contributed by atoms with van der Waals surface area (Å²) in [7, 11) is 0. The van der Waals surface area contributed by atoms with Crippen molar-refractivity contribution in [2.24, 2.45) is 0 Å². The van der Waals surface area contributed by atoms with Crippen molar-refractivity contribution in [3.05, 3.63) is 53.7 Å². The smallest absolute Gasteiger partial charge is 0.263 e. The minimum absolute atomic E-state index is 0.0186. The van der Waals surface area contributed by atoms with Crippen LogP contribution in [0.1, 0.15) is 22.3 Å². The van der Waals surface area contributed by atoms with Gasteiger partial charge in [-0.3, -0.25) is 4.79 Å². The summed E-state index contributed by atoms with van der Waals surface area (Å²) in [5.41, 5.74) is 2.58. The molecular weight excluding hydrogens is 358 g/mol. The molecule has 2 N–H and O–H groups in total. The average molecular weight is 375 g/mol. The summed E-state index contributed by atoms with van der Waals surface area (Å²) in [5.74, 6) is 0.727. The Kier molecular flexibility index (Phi) is 3.51. The summed E-state index contributed by atoms with van der Waals surface area (Å²) in [4.78, 5) is 18.0. The molecule has 4 aromatic rings. The first-order valence-electron chi connectivity index (χ1n) is 8.73. The number of pyridine rings is 1. The third-order valence-corrected chi connectivity index (χ3v) is 5.88. The monoisotopic (exact) mass is 375 g/mol. The minimum atomic E-state index is -0.0186. The second-order valence-corrected chi connectivity index (χ2v) is 7.68. The second kappa shape index (κ2) is 5.92. The molecule has 0 aliphatic carbocycles. The molecule has 3 aromatic heterocycles. The molecule has 0 saturated carbocycles. The number of aromatic nitrogens is 3. The molecule has 7 heteroatoms. The zero-order valence-corrected chi connectivity index (χ0v) is 15.5. The fourth-order valence-corrected chi connectivity index (χ4v) is 4.51. The summed E-state index contributed by atoms with van der Waals surface area (Å²) >= 11 is 1.51. The van der Waals surface area contributed by atoms with Gasteiger partial charge >= 0.3 is 0 Å². The Morgan fingerprint density at radius 3 is 3.00 bits per heavy atom. The number of hydrogen-bond acceptors (Lipinski definition) is 5. The van der Waals surface area contributed by atoms with Crippen molar-refractivity contribution < 1.29 is 4.79 Å². The van der Waals surface area contributed by atoms with E-state index in [1.807, 2.05) is 37.4 Å². The molecule has 0 saturated heterocycles. The molecule has 4 heterocycles. The number of carbonyl (C=O) groups excluding carboxylic acids is 1. The topological polar surface area (TPSA) is 71.8 Å². The van der Waals surface area contributed by atoms with E-state index in [1.165, 1.54) is 11.3 Å². The molecule has 0 unspecified atom stereocenters. The third-order valence-electron chi connectivity index (χ3n) is 4.73. The SMILES string of the molecule is C=Cc1ccn(-c2ccc3c(ccc4sc5c(c43)NC[C@@H](C)NC5=O)n2)n1. The summed E-state index contributed by atoms with van der Waals surface area (Å²) in [6.45, 7) is 6.44. The molecule has 5 rings (SSSR count). The lowest BCUT2D eigenvalue weighted by Crippen LogP contribution is -2.34. The third kappa shape index (κ3) is 2.50. The standard InChI is InChI=1S/C20H17N5OS/c1-3-12-8-9-25(24-12)16-7-4-13-14(23-16)5-6-15-17(13)18-19(27-15)20(26)22-11(2)10-21-18/h3-9,11,21H,1,10H2,2H3,(H,22,26)/t11-/m1/s1. The van der Waals surface area contributed by atoms with Crippen molar-refractivity contribution in [1.82, 2.24) is 20.1 Å². The lowest BCUT2D eigenvalue weighted by atomic mass is 10.1. The maximum Gasteiger partial charge on any atom is 0.263 e.